The standard InChI is InChI=1S/C26H31Cl2F4N3OS/c1-5-15(13-33-3)35-24(36)23-17-9-7-6-8-16(17)22(37-23)20(34-4)12-25(2,26(30,31)32)14-10-18(27)21(29)19(28)11-14/h10-11,15,33H,5-9,12-13H2,1-4H3,(H,35,36). The second kappa shape index (κ2) is 12.0. The quantitative estimate of drug-likeness (QED) is 0.188. The van der Waals surface area contributed by atoms with Crippen LogP contribution in [0.2, 0.25) is 10.0 Å². The number of rotatable bonds is 9. The van der Waals surface area contributed by atoms with E-state index < -0.39 is 33.9 Å². The van der Waals surface area contributed by atoms with E-state index in [-0.39, 0.29) is 23.2 Å². The van der Waals surface area contributed by atoms with Gasteiger partial charge in [0, 0.05) is 26.1 Å². The lowest BCUT2D eigenvalue weighted by atomic mass is 9.76. The van der Waals surface area contributed by atoms with E-state index in [9.17, 15) is 22.4 Å². The van der Waals surface area contributed by atoms with Crippen molar-refractivity contribution in [1.29, 1.82) is 0 Å². The maximum absolute atomic E-state index is 14.6. The molecule has 0 fully saturated rings. The highest BCUT2D eigenvalue weighted by Gasteiger charge is 2.53. The van der Waals surface area contributed by atoms with E-state index in [1.165, 1.54) is 18.4 Å². The van der Waals surface area contributed by atoms with Gasteiger partial charge < -0.3 is 10.6 Å². The molecule has 0 saturated carbocycles. The van der Waals surface area contributed by atoms with Gasteiger partial charge in [0.25, 0.3) is 5.91 Å². The van der Waals surface area contributed by atoms with Crippen molar-refractivity contribution in [2.75, 3.05) is 20.6 Å². The summed E-state index contributed by atoms with van der Waals surface area (Å²) in [6.07, 6.45) is -1.36. The number of likely N-dealkylation sites (N-methyl/N-ethyl adjacent to an activating group) is 1. The zero-order valence-corrected chi connectivity index (χ0v) is 23.5. The Morgan fingerprint density at radius 1 is 1.14 bits per heavy atom. The second-order valence-electron chi connectivity index (χ2n) is 9.49. The summed E-state index contributed by atoms with van der Waals surface area (Å²) in [4.78, 5) is 18.6. The van der Waals surface area contributed by atoms with Crippen LogP contribution in [0.4, 0.5) is 17.6 Å². The van der Waals surface area contributed by atoms with Gasteiger partial charge in [-0.3, -0.25) is 9.79 Å². The maximum Gasteiger partial charge on any atom is 0.398 e. The van der Waals surface area contributed by atoms with E-state index in [1.54, 1.807) is 0 Å². The Hall–Kier alpha value is -1.68. The molecule has 1 heterocycles. The summed E-state index contributed by atoms with van der Waals surface area (Å²) < 4.78 is 57.8. The van der Waals surface area contributed by atoms with Crippen molar-refractivity contribution >= 4 is 46.2 Å². The molecular formula is C26H31Cl2F4N3OS. The van der Waals surface area contributed by atoms with Gasteiger partial charge in [0.1, 0.15) is 0 Å². The topological polar surface area (TPSA) is 53.5 Å². The third-order valence-electron chi connectivity index (χ3n) is 7.00. The molecule has 1 aromatic carbocycles. The van der Waals surface area contributed by atoms with Gasteiger partial charge in [-0.15, -0.1) is 11.3 Å². The maximum atomic E-state index is 14.6. The van der Waals surface area contributed by atoms with E-state index in [4.69, 9.17) is 23.2 Å². The fourth-order valence-corrected chi connectivity index (χ4v) is 6.50. The Morgan fingerprint density at radius 3 is 2.19 bits per heavy atom. The third kappa shape index (κ3) is 6.15. The molecule has 3 rings (SSSR count). The molecule has 1 amide bonds. The Balaban J connectivity index is 2.07. The van der Waals surface area contributed by atoms with E-state index in [1.807, 2.05) is 14.0 Å². The minimum Gasteiger partial charge on any atom is -0.347 e. The fourth-order valence-electron chi connectivity index (χ4n) is 4.68. The molecule has 0 aliphatic heterocycles. The lowest BCUT2D eigenvalue weighted by molar-refractivity contribution is -0.183. The van der Waals surface area contributed by atoms with Crippen molar-refractivity contribution in [3.63, 3.8) is 0 Å². The number of hydrogen-bond acceptors (Lipinski definition) is 4. The van der Waals surface area contributed by atoms with Crippen LogP contribution in [-0.4, -0.2) is 44.5 Å². The average molecular weight is 581 g/mol. The van der Waals surface area contributed by atoms with Crippen molar-refractivity contribution < 1.29 is 22.4 Å². The molecule has 2 aromatic rings. The third-order valence-corrected chi connectivity index (χ3v) is 8.88. The van der Waals surface area contributed by atoms with Gasteiger partial charge in [-0.25, -0.2) is 4.39 Å². The molecule has 0 radical (unpaired) electrons. The number of fused-ring (bicyclic) bond motifs is 1. The van der Waals surface area contributed by atoms with Gasteiger partial charge in [-0.2, -0.15) is 13.2 Å². The number of halogens is 6. The van der Waals surface area contributed by atoms with Crippen LogP contribution in [0.25, 0.3) is 0 Å². The predicted octanol–water partition coefficient (Wildman–Crippen LogP) is 7.13. The molecule has 1 aliphatic rings. The van der Waals surface area contributed by atoms with Crippen LogP contribution >= 0.6 is 34.5 Å². The molecule has 11 heteroatoms. The molecule has 1 aromatic heterocycles. The molecule has 4 nitrogen and oxygen atoms in total. The molecule has 37 heavy (non-hydrogen) atoms. The molecule has 204 valence electrons. The van der Waals surface area contributed by atoms with Gasteiger partial charge >= 0.3 is 6.18 Å². The first kappa shape index (κ1) is 29.9. The molecule has 0 bridgehead atoms. The Bertz CT molecular complexity index is 1160. The summed E-state index contributed by atoms with van der Waals surface area (Å²) >= 11 is 12.9. The van der Waals surface area contributed by atoms with Gasteiger partial charge in [0.15, 0.2) is 5.82 Å². The predicted molar refractivity (Wildman–Crippen MR) is 143 cm³/mol. The zero-order valence-electron chi connectivity index (χ0n) is 21.2. The minimum absolute atomic E-state index is 0.0666. The number of aliphatic imine (C=N–C) groups is 1. The molecule has 0 spiro atoms. The fraction of sp³-hybridized carbons (Fsp3) is 0.538. The highest BCUT2D eigenvalue weighted by molar-refractivity contribution is 7.16. The summed E-state index contributed by atoms with van der Waals surface area (Å²) in [6.45, 7) is 3.62. The Kier molecular flexibility index (Phi) is 9.70. The number of nitrogens with zero attached hydrogens (tertiary/aromatic N) is 1. The number of alkyl halides is 3. The average Bonchev–Trinajstić information content (AvgIpc) is 3.24. The molecule has 2 unspecified atom stereocenters. The molecule has 2 atom stereocenters. The highest BCUT2D eigenvalue weighted by atomic mass is 35.5. The normalized spacial score (nSPS) is 16.8. The highest BCUT2D eigenvalue weighted by Crippen LogP contribution is 2.47. The van der Waals surface area contributed by atoms with Crippen molar-refractivity contribution in [1.82, 2.24) is 10.6 Å². The molecule has 2 N–H and O–H groups in total. The monoisotopic (exact) mass is 579 g/mol. The van der Waals surface area contributed by atoms with Gasteiger partial charge in [-0.05, 0) is 74.9 Å². The van der Waals surface area contributed by atoms with Gasteiger partial charge in [0.05, 0.1) is 30.9 Å². The van der Waals surface area contributed by atoms with Crippen LogP contribution in [0.5, 0.6) is 0 Å². The summed E-state index contributed by atoms with van der Waals surface area (Å²) in [5.41, 5.74) is -0.675. The first-order chi connectivity index (χ1) is 17.4. The Morgan fingerprint density at radius 2 is 1.70 bits per heavy atom. The number of carbonyl (C=O) groups is 1. The molecule has 1 aliphatic carbocycles. The summed E-state index contributed by atoms with van der Waals surface area (Å²) in [7, 11) is 3.26. The number of amides is 1. The molecule has 0 saturated heterocycles. The first-order valence-electron chi connectivity index (χ1n) is 12.2. The second-order valence-corrected chi connectivity index (χ2v) is 11.3. The number of carbonyl (C=O) groups excluding carboxylic acids is 1. The lowest BCUT2D eigenvalue weighted by Crippen LogP contribution is -2.41. The van der Waals surface area contributed by atoms with E-state index in [2.05, 4.69) is 15.6 Å². The minimum atomic E-state index is -4.72. The van der Waals surface area contributed by atoms with E-state index in [0.717, 1.165) is 49.4 Å². The van der Waals surface area contributed by atoms with Crippen molar-refractivity contribution in [2.45, 2.75) is 70.0 Å². The SMILES string of the molecule is CCC(CNC)NC(=O)c1sc(C(CC(C)(c2cc(Cl)c(F)c(Cl)c2)C(F)(F)F)=NC)c2c1CCCC2. The number of nitrogens with one attached hydrogen (secondary N) is 2. The van der Waals surface area contributed by atoms with E-state index >= 15 is 0 Å². The van der Waals surface area contributed by atoms with E-state index in [0.29, 0.717) is 29.1 Å². The summed E-state index contributed by atoms with van der Waals surface area (Å²) in [5.74, 6) is -1.18. The lowest BCUT2D eigenvalue weighted by Gasteiger charge is -2.33. The molecular weight excluding hydrogens is 549 g/mol. The van der Waals surface area contributed by atoms with Gasteiger partial charge in [0.2, 0.25) is 0 Å². The van der Waals surface area contributed by atoms with Crippen LogP contribution in [0, 0.1) is 5.82 Å². The summed E-state index contributed by atoms with van der Waals surface area (Å²) in [6, 6.07) is 1.88. The smallest absolute Gasteiger partial charge is 0.347 e. The van der Waals surface area contributed by atoms with Crippen molar-refractivity contribution in [3.8, 4) is 0 Å². The largest absolute Gasteiger partial charge is 0.398 e. The van der Waals surface area contributed by atoms with Crippen LogP contribution < -0.4 is 10.6 Å². The van der Waals surface area contributed by atoms with Crippen LogP contribution in [0.3, 0.4) is 0 Å². The number of thiophene rings is 1. The summed E-state index contributed by atoms with van der Waals surface area (Å²) in [5, 5.41) is 5.14. The van der Waals surface area contributed by atoms with Crippen molar-refractivity contribution in [2.24, 2.45) is 4.99 Å². The first-order valence-corrected chi connectivity index (χ1v) is 13.7. The van der Waals surface area contributed by atoms with Crippen LogP contribution in [0.15, 0.2) is 17.1 Å². The van der Waals surface area contributed by atoms with Crippen LogP contribution in [-0.2, 0) is 18.3 Å². The van der Waals surface area contributed by atoms with Crippen molar-refractivity contribution in [3.05, 3.63) is 54.4 Å². The Labute approximate surface area is 228 Å². The number of hydrogen-bond donors (Lipinski definition) is 2. The number of benzene rings is 1. The zero-order chi connectivity index (χ0) is 27.5. The van der Waals surface area contributed by atoms with Crippen LogP contribution in [0.1, 0.15) is 70.8 Å². The van der Waals surface area contributed by atoms with Gasteiger partial charge in [-0.1, -0.05) is 30.1 Å².